The second kappa shape index (κ2) is 6.14. The van der Waals surface area contributed by atoms with Crippen molar-refractivity contribution in [3.8, 4) is 0 Å². The molecule has 0 saturated heterocycles. The van der Waals surface area contributed by atoms with Gasteiger partial charge in [-0.15, -0.1) is 0 Å². The van der Waals surface area contributed by atoms with Gasteiger partial charge in [0.15, 0.2) is 0 Å². The lowest BCUT2D eigenvalue weighted by Crippen LogP contribution is -2.27. The minimum absolute atomic E-state index is 0.155. The van der Waals surface area contributed by atoms with Gasteiger partial charge in [0, 0.05) is 13.0 Å². The summed E-state index contributed by atoms with van der Waals surface area (Å²) in [6.45, 7) is 2.15. The number of unbranched alkanes of at least 4 members (excludes halogenated alkanes) is 1. The zero-order valence-corrected chi connectivity index (χ0v) is 8.06. The Labute approximate surface area is 73.4 Å². The molecule has 4 nitrogen and oxygen atoms in total. The standard InChI is InChI=1S/C7H15NO3S/c1-2-3-7-12(10,11)8-5-4-6-9/h6,8H,2-5,7H2,1H3. The highest BCUT2D eigenvalue weighted by Gasteiger charge is 2.06. The maximum absolute atomic E-state index is 11.0. The van der Waals surface area contributed by atoms with Crippen molar-refractivity contribution in [3.63, 3.8) is 0 Å². The number of aldehydes is 1. The second-order valence-corrected chi connectivity index (χ2v) is 4.45. The molecular weight excluding hydrogens is 178 g/mol. The molecule has 0 unspecified atom stereocenters. The smallest absolute Gasteiger partial charge is 0.211 e. The van der Waals surface area contributed by atoms with Crippen LogP contribution in [-0.4, -0.2) is 27.0 Å². The van der Waals surface area contributed by atoms with Crippen LogP contribution in [0.15, 0.2) is 0 Å². The van der Waals surface area contributed by atoms with Crippen LogP contribution < -0.4 is 4.72 Å². The van der Waals surface area contributed by atoms with Crippen LogP contribution in [0.2, 0.25) is 0 Å². The largest absolute Gasteiger partial charge is 0.303 e. The zero-order chi connectivity index (χ0) is 9.45. The molecule has 0 aliphatic carbocycles. The lowest BCUT2D eigenvalue weighted by Gasteiger charge is -2.02. The van der Waals surface area contributed by atoms with Crippen molar-refractivity contribution >= 4 is 16.3 Å². The lowest BCUT2D eigenvalue weighted by molar-refractivity contribution is -0.107. The van der Waals surface area contributed by atoms with E-state index in [4.69, 9.17) is 0 Å². The van der Waals surface area contributed by atoms with E-state index in [0.29, 0.717) is 12.7 Å². The predicted octanol–water partition coefficient (Wildman–Crippen LogP) is 0.295. The first-order valence-electron chi connectivity index (χ1n) is 4.03. The third-order valence-corrected chi connectivity index (χ3v) is 2.82. The van der Waals surface area contributed by atoms with Gasteiger partial charge in [-0.1, -0.05) is 13.3 Å². The molecule has 0 saturated carbocycles. The van der Waals surface area contributed by atoms with Gasteiger partial charge in [-0.2, -0.15) is 0 Å². The summed E-state index contributed by atoms with van der Waals surface area (Å²) in [6.07, 6.45) is 2.46. The first-order valence-corrected chi connectivity index (χ1v) is 5.68. The third-order valence-electron chi connectivity index (χ3n) is 1.35. The molecule has 0 aliphatic heterocycles. The molecule has 0 aliphatic rings. The fourth-order valence-electron chi connectivity index (χ4n) is 0.680. The molecule has 0 radical (unpaired) electrons. The van der Waals surface area contributed by atoms with E-state index in [1.165, 1.54) is 0 Å². The molecule has 1 N–H and O–H groups in total. The molecule has 0 aromatic heterocycles. The van der Waals surface area contributed by atoms with E-state index in [9.17, 15) is 13.2 Å². The average molecular weight is 193 g/mol. The van der Waals surface area contributed by atoms with Crippen molar-refractivity contribution in [2.24, 2.45) is 0 Å². The van der Waals surface area contributed by atoms with Crippen LogP contribution in [0.3, 0.4) is 0 Å². The molecule has 0 heterocycles. The second-order valence-electron chi connectivity index (χ2n) is 2.52. The average Bonchev–Trinajstić information content (AvgIpc) is 2.01. The van der Waals surface area contributed by atoms with Crippen LogP contribution >= 0.6 is 0 Å². The Morgan fingerprint density at radius 2 is 2.08 bits per heavy atom. The predicted molar refractivity (Wildman–Crippen MR) is 47.4 cm³/mol. The van der Waals surface area contributed by atoms with Gasteiger partial charge in [-0.25, -0.2) is 13.1 Å². The first-order chi connectivity index (χ1) is 5.62. The summed E-state index contributed by atoms with van der Waals surface area (Å²) < 4.78 is 24.4. The van der Waals surface area contributed by atoms with Crippen LogP contribution in [-0.2, 0) is 14.8 Å². The number of hydrogen-bond donors (Lipinski definition) is 1. The number of nitrogens with one attached hydrogen (secondary N) is 1. The van der Waals surface area contributed by atoms with Gasteiger partial charge in [0.2, 0.25) is 10.0 Å². The van der Waals surface area contributed by atoms with Gasteiger partial charge in [-0.05, 0) is 6.42 Å². The van der Waals surface area contributed by atoms with Crippen molar-refractivity contribution in [2.45, 2.75) is 26.2 Å². The highest BCUT2D eigenvalue weighted by Crippen LogP contribution is 1.92. The van der Waals surface area contributed by atoms with Crippen LogP contribution in [0.25, 0.3) is 0 Å². The van der Waals surface area contributed by atoms with Crippen molar-refractivity contribution in [2.75, 3.05) is 12.3 Å². The van der Waals surface area contributed by atoms with Gasteiger partial charge in [0.05, 0.1) is 5.75 Å². The Hall–Kier alpha value is -0.420. The van der Waals surface area contributed by atoms with Gasteiger partial charge in [0.1, 0.15) is 6.29 Å². The summed E-state index contributed by atoms with van der Waals surface area (Å²) in [5, 5.41) is 0. The van der Waals surface area contributed by atoms with Crippen LogP contribution in [0, 0.1) is 0 Å². The summed E-state index contributed by atoms with van der Waals surface area (Å²) in [5.41, 5.74) is 0. The highest BCUT2D eigenvalue weighted by atomic mass is 32.2. The van der Waals surface area contributed by atoms with E-state index >= 15 is 0 Å². The maximum atomic E-state index is 11.0. The summed E-state index contributed by atoms with van der Waals surface area (Å²) in [5.74, 6) is 0.155. The Bertz CT molecular complexity index is 211. The van der Waals surface area contributed by atoms with E-state index in [1.54, 1.807) is 0 Å². The molecule has 12 heavy (non-hydrogen) atoms. The molecule has 0 rings (SSSR count). The Morgan fingerprint density at radius 1 is 1.42 bits per heavy atom. The van der Waals surface area contributed by atoms with Crippen LogP contribution in [0.5, 0.6) is 0 Å². The SMILES string of the molecule is CCCCS(=O)(=O)NCCC=O. The molecule has 72 valence electrons. The number of sulfonamides is 1. The molecule has 0 aromatic rings. The van der Waals surface area contributed by atoms with Crippen molar-refractivity contribution in [1.29, 1.82) is 0 Å². The fourth-order valence-corrected chi connectivity index (χ4v) is 1.92. The van der Waals surface area contributed by atoms with Gasteiger partial charge in [-0.3, -0.25) is 0 Å². The van der Waals surface area contributed by atoms with E-state index in [-0.39, 0.29) is 18.7 Å². The zero-order valence-electron chi connectivity index (χ0n) is 7.25. The number of hydrogen-bond acceptors (Lipinski definition) is 3. The lowest BCUT2D eigenvalue weighted by atomic mass is 10.4. The number of rotatable bonds is 7. The summed E-state index contributed by atoms with van der Waals surface area (Å²) in [7, 11) is -3.12. The number of carbonyl (C=O) groups is 1. The quantitative estimate of drug-likeness (QED) is 0.467. The van der Waals surface area contributed by atoms with Gasteiger partial charge in [0.25, 0.3) is 0 Å². The minimum Gasteiger partial charge on any atom is -0.303 e. The topological polar surface area (TPSA) is 63.2 Å². The minimum atomic E-state index is -3.12. The molecule has 0 aromatic carbocycles. The van der Waals surface area contributed by atoms with E-state index < -0.39 is 10.0 Å². The third kappa shape index (κ3) is 6.30. The molecule has 0 amide bonds. The van der Waals surface area contributed by atoms with Crippen molar-refractivity contribution in [1.82, 2.24) is 4.72 Å². The van der Waals surface area contributed by atoms with Crippen LogP contribution in [0.1, 0.15) is 26.2 Å². The van der Waals surface area contributed by atoms with Crippen LogP contribution in [0.4, 0.5) is 0 Å². The van der Waals surface area contributed by atoms with Crippen molar-refractivity contribution in [3.05, 3.63) is 0 Å². The highest BCUT2D eigenvalue weighted by molar-refractivity contribution is 7.89. The first kappa shape index (κ1) is 11.6. The molecule has 0 spiro atoms. The fraction of sp³-hybridized carbons (Fsp3) is 0.857. The normalized spacial score (nSPS) is 11.4. The Morgan fingerprint density at radius 3 is 2.58 bits per heavy atom. The summed E-state index contributed by atoms with van der Waals surface area (Å²) >= 11 is 0. The molecule has 5 heteroatoms. The Balaban J connectivity index is 3.64. The van der Waals surface area contributed by atoms with Crippen molar-refractivity contribution < 1.29 is 13.2 Å². The molecule has 0 fully saturated rings. The molecule has 0 bridgehead atoms. The molecular formula is C7H15NO3S. The molecule has 0 atom stereocenters. The van der Waals surface area contributed by atoms with Gasteiger partial charge < -0.3 is 4.79 Å². The monoisotopic (exact) mass is 193 g/mol. The Kier molecular flexibility index (Phi) is 5.92. The van der Waals surface area contributed by atoms with E-state index in [2.05, 4.69) is 4.72 Å². The number of carbonyl (C=O) groups excluding carboxylic acids is 1. The maximum Gasteiger partial charge on any atom is 0.211 e. The van der Waals surface area contributed by atoms with E-state index in [1.807, 2.05) is 6.92 Å². The summed E-state index contributed by atoms with van der Waals surface area (Å²) in [6, 6.07) is 0. The summed E-state index contributed by atoms with van der Waals surface area (Å²) in [4.78, 5) is 9.87. The van der Waals surface area contributed by atoms with E-state index in [0.717, 1.165) is 6.42 Å². The van der Waals surface area contributed by atoms with Gasteiger partial charge >= 0.3 is 0 Å².